The van der Waals surface area contributed by atoms with Gasteiger partial charge in [0, 0.05) is 30.3 Å². The summed E-state index contributed by atoms with van der Waals surface area (Å²) in [6.45, 7) is 1.98. The maximum absolute atomic E-state index is 11.6. The van der Waals surface area contributed by atoms with E-state index in [1.54, 1.807) is 6.92 Å². The number of aliphatic hydroxyl groups excluding tert-OH is 1. The van der Waals surface area contributed by atoms with Crippen molar-refractivity contribution < 1.29 is 14.8 Å². The average Bonchev–Trinajstić information content (AvgIpc) is 2.28. The predicted molar refractivity (Wildman–Crippen MR) is 61.9 cm³/mol. The maximum Gasteiger partial charge on any atom is 0.272 e. The average molecular weight is 238 g/mol. The number of carbonyl (C=O) groups is 1. The molecule has 17 heavy (non-hydrogen) atoms. The second-order valence-electron chi connectivity index (χ2n) is 3.59. The van der Waals surface area contributed by atoms with Crippen LogP contribution in [0.5, 0.6) is 0 Å². The minimum atomic E-state index is -0.483. The summed E-state index contributed by atoms with van der Waals surface area (Å²) in [5.74, 6) is -0.295. The number of hydrogen-bond acceptors (Lipinski definition) is 4. The zero-order chi connectivity index (χ0) is 12.8. The summed E-state index contributed by atoms with van der Waals surface area (Å²) in [7, 11) is 0. The van der Waals surface area contributed by atoms with E-state index in [1.807, 2.05) is 0 Å². The van der Waals surface area contributed by atoms with E-state index in [9.17, 15) is 14.9 Å². The first kappa shape index (κ1) is 13.1. The van der Waals surface area contributed by atoms with Crippen LogP contribution in [0.2, 0.25) is 0 Å². The van der Waals surface area contributed by atoms with Gasteiger partial charge in [-0.1, -0.05) is 0 Å². The van der Waals surface area contributed by atoms with Crippen LogP contribution in [0, 0.1) is 17.0 Å². The molecule has 0 bridgehead atoms. The number of nitro benzene ring substituents is 1. The molecule has 0 saturated heterocycles. The molecule has 0 aromatic heterocycles. The Bertz CT molecular complexity index is 431. The largest absolute Gasteiger partial charge is 0.396 e. The van der Waals surface area contributed by atoms with E-state index >= 15 is 0 Å². The number of aryl methyl sites for hydroxylation is 1. The van der Waals surface area contributed by atoms with Gasteiger partial charge in [-0.2, -0.15) is 0 Å². The van der Waals surface area contributed by atoms with E-state index < -0.39 is 4.92 Å². The van der Waals surface area contributed by atoms with Crippen LogP contribution in [0.1, 0.15) is 22.3 Å². The van der Waals surface area contributed by atoms with Gasteiger partial charge in [0.15, 0.2) is 0 Å². The van der Waals surface area contributed by atoms with Crippen molar-refractivity contribution in [2.45, 2.75) is 13.3 Å². The molecule has 1 rings (SSSR count). The minimum Gasteiger partial charge on any atom is -0.396 e. The van der Waals surface area contributed by atoms with Gasteiger partial charge < -0.3 is 10.4 Å². The van der Waals surface area contributed by atoms with Gasteiger partial charge in [0.25, 0.3) is 11.6 Å². The third-order valence-electron chi connectivity index (χ3n) is 2.28. The van der Waals surface area contributed by atoms with E-state index in [0.717, 1.165) is 0 Å². The number of rotatable bonds is 5. The molecular formula is C11H14N2O4. The Hall–Kier alpha value is -1.95. The Morgan fingerprint density at radius 2 is 2.24 bits per heavy atom. The predicted octanol–water partition coefficient (Wildman–Crippen LogP) is 1.02. The van der Waals surface area contributed by atoms with Crippen molar-refractivity contribution in [3.8, 4) is 0 Å². The SMILES string of the molecule is Cc1cc(C(=O)NCCCO)ccc1[N+](=O)[O-]. The van der Waals surface area contributed by atoms with E-state index in [4.69, 9.17) is 5.11 Å². The summed E-state index contributed by atoms with van der Waals surface area (Å²) < 4.78 is 0. The van der Waals surface area contributed by atoms with Crippen LogP contribution < -0.4 is 5.32 Å². The molecule has 0 heterocycles. The molecule has 0 aliphatic heterocycles. The molecule has 6 heteroatoms. The molecule has 0 fully saturated rings. The van der Waals surface area contributed by atoms with Crippen molar-refractivity contribution in [1.29, 1.82) is 0 Å². The van der Waals surface area contributed by atoms with E-state index in [0.29, 0.717) is 24.1 Å². The van der Waals surface area contributed by atoms with Crippen molar-refractivity contribution in [2.24, 2.45) is 0 Å². The Kier molecular flexibility index (Phi) is 4.59. The Morgan fingerprint density at radius 1 is 1.53 bits per heavy atom. The first-order valence-corrected chi connectivity index (χ1v) is 5.20. The van der Waals surface area contributed by atoms with Gasteiger partial charge in [-0.3, -0.25) is 14.9 Å². The smallest absolute Gasteiger partial charge is 0.272 e. The zero-order valence-electron chi connectivity index (χ0n) is 9.47. The molecular weight excluding hydrogens is 224 g/mol. The summed E-state index contributed by atoms with van der Waals surface area (Å²) in [5.41, 5.74) is 0.827. The van der Waals surface area contributed by atoms with Gasteiger partial charge in [0.1, 0.15) is 0 Å². The highest BCUT2D eigenvalue weighted by atomic mass is 16.6. The summed E-state index contributed by atoms with van der Waals surface area (Å²) in [4.78, 5) is 21.7. The number of amides is 1. The second kappa shape index (κ2) is 5.95. The summed E-state index contributed by atoms with van der Waals surface area (Å²) >= 11 is 0. The lowest BCUT2D eigenvalue weighted by Gasteiger charge is -2.05. The first-order chi connectivity index (χ1) is 8.06. The quantitative estimate of drug-likeness (QED) is 0.455. The van der Waals surface area contributed by atoms with Gasteiger partial charge in [-0.05, 0) is 25.5 Å². The molecule has 0 radical (unpaired) electrons. The molecule has 1 amide bonds. The molecule has 0 saturated carbocycles. The highest BCUT2D eigenvalue weighted by Crippen LogP contribution is 2.18. The zero-order valence-corrected chi connectivity index (χ0v) is 9.47. The lowest BCUT2D eigenvalue weighted by atomic mass is 10.1. The fourth-order valence-corrected chi connectivity index (χ4v) is 1.38. The van der Waals surface area contributed by atoms with Gasteiger partial charge >= 0.3 is 0 Å². The van der Waals surface area contributed by atoms with E-state index in [2.05, 4.69) is 5.32 Å². The fraction of sp³-hybridized carbons (Fsp3) is 0.364. The summed E-state index contributed by atoms with van der Waals surface area (Å²) in [6.07, 6.45) is 0.484. The number of benzene rings is 1. The topological polar surface area (TPSA) is 92.5 Å². The monoisotopic (exact) mass is 238 g/mol. The molecule has 92 valence electrons. The number of aliphatic hydroxyl groups is 1. The maximum atomic E-state index is 11.6. The second-order valence-corrected chi connectivity index (χ2v) is 3.59. The Morgan fingerprint density at radius 3 is 2.76 bits per heavy atom. The number of nitrogens with one attached hydrogen (secondary N) is 1. The van der Waals surface area contributed by atoms with Crippen LogP contribution >= 0.6 is 0 Å². The minimum absolute atomic E-state index is 0.00286. The third kappa shape index (κ3) is 3.53. The molecule has 1 aromatic rings. The Balaban J connectivity index is 2.76. The van der Waals surface area contributed by atoms with E-state index in [-0.39, 0.29) is 18.2 Å². The summed E-state index contributed by atoms with van der Waals surface area (Å²) in [6, 6.07) is 4.21. The third-order valence-corrected chi connectivity index (χ3v) is 2.28. The van der Waals surface area contributed by atoms with Crippen molar-refractivity contribution in [3.63, 3.8) is 0 Å². The highest BCUT2D eigenvalue weighted by molar-refractivity contribution is 5.94. The van der Waals surface area contributed by atoms with Gasteiger partial charge in [-0.25, -0.2) is 0 Å². The molecule has 1 aromatic carbocycles. The molecule has 0 aliphatic rings. The lowest BCUT2D eigenvalue weighted by Crippen LogP contribution is -2.25. The van der Waals surface area contributed by atoms with Crippen LogP contribution in [-0.4, -0.2) is 29.1 Å². The van der Waals surface area contributed by atoms with Crippen LogP contribution in [0.4, 0.5) is 5.69 Å². The normalized spacial score (nSPS) is 10.0. The fourth-order valence-electron chi connectivity index (χ4n) is 1.38. The number of hydrogen-bond donors (Lipinski definition) is 2. The van der Waals surface area contributed by atoms with Crippen molar-refractivity contribution in [3.05, 3.63) is 39.4 Å². The molecule has 2 N–H and O–H groups in total. The number of nitro groups is 1. The molecule has 6 nitrogen and oxygen atoms in total. The first-order valence-electron chi connectivity index (χ1n) is 5.20. The molecule has 0 spiro atoms. The van der Waals surface area contributed by atoms with Crippen molar-refractivity contribution >= 4 is 11.6 Å². The molecule has 0 aliphatic carbocycles. The van der Waals surface area contributed by atoms with Crippen LogP contribution in [0.25, 0.3) is 0 Å². The van der Waals surface area contributed by atoms with Crippen LogP contribution in [0.15, 0.2) is 18.2 Å². The van der Waals surface area contributed by atoms with Gasteiger partial charge in [0.05, 0.1) is 4.92 Å². The van der Waals surface area contributed by atoms with Gasteiger partial charge in [0.2, 0.25) is 0 Å². The lowest BCUT2D eigenvalue weighted by molar-refractivity contribution is -0.385. The van der Waals surface area contributed by atoms with E-state index in [1.165, 1.54) is 18.2 Å². The van der Waals surface area contributed by atoms with Gasteiger partial charge in [-0.15, -0.1) is 0 Å². The van der Waals surface area contributed by atoms with Crippen LogP contribution in [0.3, 0.4) is 0 Å². The van der Waals surface area contributed by atoms with Crippen molar-refractivity contribution in [1.82, 2.24) is 5.32 Å². The molecule has 0 atom stereocenters. The van der Waals surface area contributed by atoms with Crippen molar-refractivity contribution in [2.75, 3.05) is 13.2 Å². The molecule has 0 unspecified atom stereocenters. The number of carbonyl (C=O) groups excluding carboxylic acids is 1. The Labute approximate surface area is 98.4 Å². The standard InChI is InChI=1S/C11H14N2O4/c1-8-7-9(3-4-10(8)13(16)17)11(15)12-5-2-6-14/h3-4,7,14H,2,5-6H2,1H3,(H,12,15). The highest BCUT2D eigenvalue weighted by Gasteiger charge is 2.13. The number of nitrogens with zero attached hydrogens (tertiary/aromatic N) is 1. The summed E-state index contributed by atoms with van der Waals surface area (Å²) in [5, 5.41) is 21.8. The van der Waals surface area contributed by atoms with Crippen LogP contribution in [-0.2, 0) is 0 Å².